The molecule has 2 aromatic carbocycles. The largest absolute Gasteiger partial charge is 0.481 e. The molecule has 0 atom stereocenters. The molecule has 0 fully saturated rings. The molecule has 0 radical (unpaired) electrons. The number of methoxy groups -OCH3 is 1. The maximum absolute atomic E-state index is 10.8. The van der Waals surface area contributed by atoms with Gasteiger partial charge in [0.1, 0.15) is 0 Å². The highest BCUT2D eigenvalue weighted by molar-refractivity contribution is 5.70. The van der Waals surface area contributed by atoms with Crippen LogP contribution in [0.4, 0.5) is 0 Å². The van der Waals surface area contributed by atoms with E-state index in [9.17, 15) is 4.79 Å². The van der Waals surface area contributed by atoms with Crippen molar-refractivity contribution in [1.29, 1.82) is 0 Å². The van der Waals surface area contributed by atoms with Crippen LogP contribution in [-0.2, 0) is 22.6 Å². The van der Waals surface area contributed by atoms with Gasteiger partial charge in [-0.25, -0.2) is 0 Å². The van der Waals surface area contributed by atoms with Gasteiger partial charge in [-0.1, -0.05) is 24.3 Å². The van der Waals surface area contributed by atoms with Crippen LogP contribution in [0.1, 0.15) is 11.1 Å². The van der Waals surface area contributed by atoms with Crippen LogP contribution in [0, 0.1) is 0 Å². The number of hydrogen-bond donors (Lipinski definition) is 1. The summed E-state index contributed by atoms with van der Waals surface area (Å²) < 4.78 is 9.26. The van der Waals surface area contributed by atoms with E-state index < -0.39 is 5.97 Å². The van der Waals surface area contributed by atoms with Gasteiger partial charge in [0.05, 0.1) is 13.0 Å². The van der Waals surface area contributed by atoms with Crippen LogP contribution in [-0.4, -0.2) is 18.2 Å². The predicted octanol–water partition coefficient (Wildman–Crippen LogP) is 3.68. The van der Waals surface area contributed by atoms with E-state index >= 15 is 0 Å². The molecule has 0 amide bonds. The third kappa shape index (κ3) is 5.02. The first-order valence-electron chi connectivity index (χ1n) is 10.0. The number of ether oxygens (including phenoxy) is 1. The summed E-state index contributed by atoms with van der Waals surface area (Å²) >= 11 is 0. The molecule has 5 nitrogen and oxygen atoms in total. The minimum atomic E-state index is -0.822. The second-order valence-corrected chi connectivity index (χ2v) is 7.32. The van der Waals surface area contributed by atoms with Crippen molar-refractivity contribution in [3.05, 3.63) is 109 Å². The second-order valence-electron chi connectivity index (χ2n) is 7.32. The number of hydrogen-bond acceptors (Lipinski definition) is 2. The zero-order chi connectivity index (χ0) is 21.6. The highest BCUT2D eigenvalue weighted by Crippen LogP contribution is 2.17. The van der Waals surface area contributed by atoms with E-state index in [4.69, 9.17) is 9.84 Å². The van der Waals surface area contributed by atoms with Crippen molar-refractivity contribution in [3.8, 4) is 22.5 Å². The lowest BCUT2D eigenvalue weighted by Gasteiger charge is -2.03. The van der Waals surface area contributed by atoms with Gasteiger partial charge in [-0.2, -0.15) is 9.13 Å². The molecule has 2 aromatic heterocycles. The van der Waals surface area contributed by atoms with Crippen LogP contribution in [0.15, 0.2) is 97.6 Å². The lowest BCUT2D eigenvalue weighted by molar-refractivity contribution is -0.596. The molecule has 154 valence electrons. The Morgan fingerprint density at radius 3 is 1.52 bits per heavy atom. The van der Waals surface area contributed by atoms with Crippen LogP contribution in [0.5, 0.6) is 0 Å². The topological polar surface area (TPSA) is 54.3 Å². The molecule has 0 unspecified atom stereocenters. The summed E-state index contributed by atoms with van der Waals surface area (Å²) in [6, 6.07) is 24.2. The molecule has 1 N–H and O–H groups in total. The minimum Gasteiger partial charge on any atom is -0.481 e. The van der Waals surface area contributed by atoms with E-state index in [0.29, 0.717) is 6.61 Å². The third-order valence-electron chi connectivity index (χ3n) is 5.13. The van der Waals surface area contributed by atoms with Crippen molar-refractivity contribution in [2.45, 2.75) is 13.0 Å². The predicted molar refractivity (Wildman–Crippen MR) is 117 cm³/mol. The van der Waals surface area contributed by atoms with E-state index in [2.05, 4.69) is 65.5 Å². The maximum Gasteiger partial charge on any atom is 0.307 e. The average molecular weight is 412 g/mol. The quantitative estimate of drug-likeness (QED) is 0.471. The molecule has 5 heteroatoms. The molecule has 4 rings (SSSR count). The molecule has 0 saturated carbocycles. The number of nitrogens with zero attached hydrogens (tertiary/aromatic N) is 2. The fraction of sp³-hybridized carbons (Fsp3) is 0.115. The lowest BCUT2D eigenvalue weighted by Crippen LogP contribution is -2.29. The summed E-state index contributed by atoms with van der Waals surface area (Å²) in [6.07, 6.45) is 8.18. The number of aliphatic carboxylic acids is 1. The third-order valence-corrected chi connectivity index (χ3v) is 5.13. The number of rotatable bonds is 7. The van der Waals surface area contributed by atoms with Crippen LogP contribution in [0.25, 0.3) is 22.5 Å². The standard InChI is InChI=1S/C26H23N2O3/c1-31-19-21-4-8-25(9-5-21)28-16-12-23(13-17-28)22-10-14-27(15-11-22)24-6-2-20(3-7-24)18-26(29)30/h2-17H,18-19H2,1H3/q+1/p+1. The van der Waals surface area contributed by atoms with Gasteiger partial charge >= 0.3 is 5.97 Å². The minimum absolute atomic E-state index is 0.0369. The van der Waals surface area contributed by atoms with E-state index in [1.54, 1.807) is 7.11 Å². The Morgan fingerprint density at radius 2 is 1.13 bits per heavy atom. The first-order valence-corrected chi connectivity index (χ1v) is 10.0. The Kier molecular flexibility index (Phi) is 6.15. The first-order chi connectivity index (χ1) is 15.1. The summed E-state index contributed by atoms with van der Waals surface area (Å²) in [4.78, 5) is 10.8. The van der Waals surface area contributed by atoms with Crippen LogP contribution in [0.3, 0.4) is 0 Å². The molecule has 0 spiro atoms. The molecular formula is C26H24N2O3+2. The molecule has 0 aliphatic carbocycles. The second kappa shape index (κ2) is 9.32. The zero-order valence-corrected chi connectivity index (χ0v) is 17.3. The molecular weight excluding hydrogens is 388 g/mol. The number of carboxylic acid groups (broad SMARTS) is 1. The average Bonchev–Trinajstić information content (AvgIpc) is 2.80. The number of carbonyl (C=O) groups is 1. The smallest absolute Gasteiger partial charge is 0.307 e. The normalized spacial score (nSPS) is 10.7. The van der Waals surface area contributed by atoms with Crippen LogP contribution >= 0.6 is 0 Å². The van der Waals surface area contributed by atoms with Gasteiger partial charge in [-0.15, -0.1) is 0 Å². The lowest BCUT2D eigenvalue weighted by atomic mass is 10.1. The van der Waals surface area contributed by atoms with Gasteiger partial charge in [-0.05, 0) is 22.3 Å². The summed E-state index contributed by atoms with van der Waals surface area (Å²) in [5, 5.41) is 8.89. The highest BCUT2D eigenvalue weighted by Gasteiger charge is 2.10. The summed E-state index contributed by atoms with van der Waals surface area (Å²) in [7, 11) is 1.70. The Morgan fingerprint density at radius 1 is 0.710 bits per heavy atom. The summed E-state index contributed by atoms with van der Waals surface area (Å²) in [5.41, 5.74) is 6.29. The Hall–Kier alpha value is -3.83. The number of benzene rings is 2. The van der Waals surface area contributed by atoms with Gasteiger partial charge in [0.15, 0.2) is 24.8 Å². The van der Waals surface area contributed by atoms with Crippen molar-refractivity contribution in [1.82, 2.24) is 0 Å². The first kappa shape index (κ1) is 20.4. The van der Waals surface area contributed by atoms with Crippen molar-refractivity contribution in [2.75, 3.05) is 7.11 Å². The van der Waals surface area contributed by atoms with Crippen LogP contribution in [0.2, 0.25) is 0 Å². The fourth-order valence-corrected chi connectivity index (χ4v) is 3.47. The van der Waals surface area contributed by atoms with Gasteiger partial charge in [-0.3, -0.25) is 4.79 Å². The van der Waals surface area contributed by atoms with Crippen molar-refractivity contribution >= 4 is 5.97 Å². The number of carboxylic acids is 1. The van der Waals surface area contributed by atoms with Crippen LogP contribution < -0.4 is 9.13 Å². The molecule has 2 heterocycles. The highest BCUT2D eigenvalue weighted by atomic mass is 16.5. The molecule has 0 bridgehead atoms. The fourth-order valence-electron chi connectivity index (χ4n) is 3.47. The molecule has 0 aliphatic heterocycles. The summed E-state index contributed by atoms with van der Waals surface area (Å²) in [6.45, 7) is 0.615. The molecule has 0 aliphatic rings. The van der Waals surface area contributed by atoms with E-state index in [-0.39, 0.29) is 6.42 Å². The Balaban J connectivity index is 1.48. The van der Waals surface area contributed by atoms with Crippen molar-refractivity contribution in [2.24, 2.45) is 0 Å². The maximum atomic E-state index is 10.8. The Bertz CT molecular complexity index is 1150. The van der Waals surface area contributed by atoms with Gasteiger partial charge < -0.3 is 9.84 Å². The molecule has 0 saturated heterocycles. The van der Waals surface area contributed by atoms with Crippen molar-refractivity contribution < 1.29 is 23.8 Å². The molecule has 31 heavy (non-hydrogen) atoms. The summed E-state index contributed by atoms with van der Waals surface area (Å²) in [5.74, 6) is -0.822. The van der Waals surface area contributed by atoms with Gasteiger partial charge in [0.25, 0.3) is 0 Å². The van der Waals surface area contributed by atoms with E-state index in [0.717, 1.165) is 33.6 Å². The monoisotopic (exact) mass is 412 g/mol. The number of pyridine rings is 2. The Labute approximate surface area is 181 Å². The van der Waals surface area contributed by atoms with E-state index in [1.807, 2.05) is 41.2 Å². The SMILES string of the molecule is COCc1ccc(-[n+]2ccc(-c3cc[n+](-c4ccc(CC(=O)O)cc4)cc3)cc2)cc1. The number of aromatic nitrogens is 2. The van der Waals surface area contributed by atoms with Crippen molar-refractivity contribution in [3.63, 3.8) is 0 Å². The zero-order valence-electron chi connectivity index (χ0n) is 17.3. The molecule has 4 aromatic rings. The van der Waals surface area contributed by atoms with Gasteiger partial charge in [0, 0.05) is 55.6 Å². The van der Waals surface area contributed by atoms with E-state index in [1.165, 1.54) is 0 Å². The van der Waals surface area contributed by atoms with Gasteiger partial charge in [0.2, 0.25) is 11.4 Å².